The maximum Gasteiger partial charge on any atom is 0.254 e. The van der Waals surface area contributed by atoms with Crippen LogP contribution in [0.4, 0.5) is 0 Å². The van der Waals surface area contributed by atoms with E-state index in [-0.39, 0.29) is 76.0 Å². The average Bonchev–Trinajstić information content (AvgIpc) is 0.808. The number of rotatable bonds is 84. The Bertz CT molecular complexity index is 3010. The van der Waals surface area contributed by atoms with Crippen LogP contribution in [0, 0.1) is 0 Å². The van der Waals surface area contributed by atoms with E-state index in [1.54, 1.807) is 19.6 Å². The van der Waals surface area contributed by atoms with Crippen molar-refractivity contribution in [2.75, 3.05) is 105 Å². The first-order valence-corrected chi connectivity index (χ1v) is 55.8. The second-order valence-corrected chi connectivity index (χ2v) is 38.4. The Kier molecular flexibility index (Phi) is 70.3. The summed E-state index contributed by atoms with van der Waals surface area (Å²) in [5, 5.41) is 0. The molecule has 0 unspecified atom stereocenters. The predicted molar refractivity (Wildman–Crippen MR) is 554 cm³/mol. The molecule has 16 heteroatoms. The summed E-state index contributed by atoms with van der Waals surface area (Å²) < 4.78 is 53.3. The third kappa shape index (κ3) is 53.6. The van der Waals surface area contributed by atoms with Gasteiger partial charge in [0.1, 0.15) is 0 Å². The van der Waals surface area contributed by atoms with Crippen molar-refractivity contribution in [1.82, 2.24) is 19.6 Å². The minimum atomic E-state index is -0.259. The molecule has 4 amide bonds. The van der Waals surface area contributed by atoms with Crippen molar-refractivity contribution in [2.24, 2.45) is 0 Å². The second-order valence-electron chi connectivity index (χ2n) is 38.4. The Hall–Kier alpha value is -6.84. The molecule has 1 aliphatic heterocycles. The lowest BCUT2D eigenvalue weighted by atomic mass is 10.1. The van der Waals surface area contributed by atoms with Gasteiger partial charge in [0.05, 0.1) is 52.9 Å². The fraction of sp³-hybridized carbons (Fsp3) is 0.759. The molecule has 0 radical (unpaired) electrons. The van der Waals surface area contributed by atoms with E-state index in [4.69, 9.17) is 37.9 Å². The molecule has 1 heterocycles. The summed E-state index contributed by atoms with van der Waals surface area (Å²) in [6.45, 7) is 23.0. The normalized spacial score (nSPS) is 12.7. The number of benzene rings is 4. The number of hydrogen-bond acceptors (Lipinski definition) is 12. The van der Waals surface area contributed by atoms with Crippen LogP contribution < -0.4 is 37.9 Å². The Morgan fingerprint density at radius 3 is 0.409 bits per heavy atom. The number of amides is 4. The van der Waals surface area contributed by atoms with Crippen molar-refractivity contribution in [3.63, 3.8) is 0 Å². The monoisotopic (exact) mass is 1840 g/mol. The standard InChI is InChI=1S/C116H196N4O12/c1-9-17-25-33-41-49-57-65-89-125-105-77-73-101(97-109(105)129-93-69-61-53-45-37-29-21-13-5)113(121)117-81-83-118(114(122)102-74-78-106(126-90-66-58-50-42-34-26-18-10-2)110(98-102)130-94-70-62-54-46-38-30-22-14-6)85-87-120(116(124)104-76-80-108(128-92-68-60-52-44-36-28-20-12-4)112(100-104)132-96-72-64-56-48-40-32-24-16-8)88-86-119(84-82-117)115(123)103-75-79-107(127-91-67-59-51-43-35-27-19-11-3)111(99-103)131-95-71-63-55-47-39-31-23-15-7/h73-80,97-100H,9-72,81-96H2,1-8H3. The summed E-state index contributed by atoms with van der Waals surface area (Å²) in [4.78, 5) is 71.5. The highest BCUT2D eigenvalue weighted by Gasteiger charge is 2.30. The highest BCUT2D eigenvalue weighted by molar-refractivity contribution is 5.98. The van der Waals surface area contributed by atoms with E-state index in [0.29, 0.717) is 121 Å². The van der Waals surface area contributed by atoms with Gasteiger partial charge >= 0.3 is 0 Å². The van der Waals surface area contributed by atoms with E-state index in [1.165, 1.54) is 283 Å². The summed E-state index contributed by atoms with van der Waals surface area (Å²) in [6.07, 6.45) is 75.1. The van der Waals surface area contributed by atoms with Gasteiger partial charge in [-0.05, 0) is 124 Å². The third-order valence-corrected chi connectivity index (χ3v) is 26.5. The molecule has 132 heavy (non-hydrogen) atoms. The Morgan fingerprint density at radius 2 is 0.280 bits per heavy atom. The SMILES string of the molecule is CCCCCCCCCCOc1ccc(C(=O)N2CCN(C(=O)c3ccc(OCCCCCCCCCC)c(OCCCCCCCCCC)c3)CCN(C(=O)c3ccc(OCCCCCCCCCC)c(OCCCCCCCCCC)c3)CCN(C(=O)c3ccc(OCCCCCCCCCC)c(OCCCCCCCCCC)c3)CC2)cc1OCCCCCCCCCC. The minimum absolute atomic E-state index is 0.106. The minimum Gasteiger partial charge on any atom is -0.490 e. The van der Waals surface area contributed by atoms with Crippen LogP contribution in [0.3, 0.4) is 0 Å². The molecule has 0 spiro atoms. The number of nitrogens with zero attached hydrogens (tertiary/aromatic N) is 4. The molecule has 4 aromatic carbocycles. The van der Waals surface area contributed by atoms with Crippen LogP contribution in [-0.2, 0) is 0 Å². The first kappa shape index (κ1) is 116. The van der Waals surface area contributed by atoms with Crippen LogP contribution in [-0.4, -0.2) is 148 Å². The fourth-order valence-electron chi connectivity index (χ4n) is 17.8. The van der Waals surface area contributed by atoms with Gasteiger partial charge in [-0.1, -0.05) is 415 Å². The van der Waals surface area contributed by atoms with Crippen molar-refractivity contribution in [3.05, 3.63) is 95.1 Å². The van der Waals surface area contributed by atoms with Crippen molar-refractivity contribution < 1.29 is 57.1 Å². The van der Waals surface area contributed by atoms with Gasteiger partial charge in [-0.15, -0.1) is 0 Å². The van der Waals surface area contributed by atoms with Gasteiger partial charge in [-0.2, -0.15) is 0 Å². The molecule has 4 aromatic rings. The van der Waals surface area contributed by atoms with Crippen LogP contribution in [0.15, 0.2) is 72.8 Å². The van der Waals surface area contributed by atoms with Crippen LogP contribution in [0.25, 0.3) is 0 Å². The molecule has 0 saturated carbocycles. The molecule has 1 aliphatic rings. The Labute approximate surface area is 808 Å². The molecule has 0 atom stereocenters. The lowest BCUT2D eigenvalue weighted by Gasteiger charge is -2.35. The molecule has 16 nitrogen and oxygen atoms in total. The quantitative estimate of drug-likeness (QED) is 0.0386. The van der Waals surface area contributed by atoms with Gasteiger partial charge in [0, 0.05) is 74.6 Å². The second kappa shape index (κ2) is 80.3. The third-order valence-electron chi connectivity index (χ3n) is 26.5. The predicted octanol–water partition coefficient (Wildman–Crippen LogP) is 32.7. The van der Waals surface area contributed by atoms with Gasteiger partial charge in [-0.25, -0.2) is 0 Å². The van der Waals surface area contributed by atoms with Gasteiger partial charge in [0.2, 0.25) is 0 Å². The van der Waals surface area contributed by atoms with Gasteiger partial charge < -0.3 is 57.5 Å². The molecule has 5 rings (SSSR count). The number of hydrogen-bond donors (Lipinski definition) is 0. The van der Waals surface area contributed by atoms with E-state index in [2.05, 4.69) is 55.4 Å². The van der Waals surface area contributed by atoms with E-state index in [0.717, 1.165) is 128 Å². The molecule has 1 saturated heterocycles. The fourth-order valence-corrected chi connectivity index (χ4v) is 17.8. The van der Waals surface area contributed by atoms with E-state index < -0.39 is 0 Å². The van der Waals surface area contributed by atoms with E-state index in [9.17, 15) is 0 Å². The molecule has 0 aromatic heterocycles. The molecule has 0 N–H and O–H groups in total. The van der Waals surface area contributed by atoms with Gasteiger partial charge in [0.25, 0.3) is 23.6 Å². The van der Waals surface area contributed by atoms with Gasteiger partial charge in [0.15, 0.2) is 46.0 Å². The van der Waals surface area contributed by atoms with Crippen molar-refractivity contribution >= 4 is 23.6 Å². The zero-order valence-corrected chi connectivity index (χ0v) is 86.2. The van der Waals surface area contributed by atoms with Crippen molar-refractivity contribution in [1.29, 1.82) is 0 Å². The smallest absolute Gasteiger partial charge is 0.254 e. The summed E-state index contributed by atoms with van der Waals surface area (Å²) in [6, 6.07) is 22.4. The first-order valence-electron chi connectivity index (χ1n) is 55.8. The Balaban J connectivity index is 1.65. The topological polar surface area (TPSA) is 155 Å². The number of carbonyl (C=O) groups excluding carboxylic acids is 4. The maximum atomic E-state index is 16.1. The van der Waals surface area contributed by atoms with Crippen LogP contribution in [0.1, 0.15) is 508 Å². The highest BCUT2D eigenvalue weighted by Crippen LogP contribution is 2.36. The van der Waals surface area contributed by atoms with E-state index in [1.807, 2.05) is 72.8 Å². The molecule has 752 valence electrons. The summed E-state index contributed by atoms with van der Waals surface area (Å²) >= 11 is 0. The number of unbranched alkanes of at least 4 members (excludes halogenated alkanes) is 56. The first-order chi connectivity index (χ1) is 65.0. The summed E-state index contributed by atoms with van der Waals surface area (Å²) in [7, 11) is 0. The molecule has 0 aliphatic carbocycles. The van der Waals surface area contributed by atoms with Crippen molar-refractivity contribution in [2.45, 2.75) is 466 Å². The zero-order chi connectivity index (χ0) is 94.3. The molecule has 1 fully saturated rings. The average molecular weight is 1840 g/mol. The Morgan fingerprint density at radius 1 is 0.167 bits per heavy atom. The lowest BCUT2D eigenvalue weighted by molar-refractivity contribution is 0.0535. The maximum absolute atomic E-state index is 16.1. The largest absolute Gasteiger partial charge is 0.490 e. The van der Waals surface area contributed by atoms with Crippen molar-refractivity contribution in [3.8, 4) is 46.0 Å². The number of ether oxygens (including phenoxy) is 8. The molecule has 0 bridgehead atoms. The molecular weight excluding hydrogens is 1640 g/mol. The molecular formula is C116H196N4O12. The van der Waals surface area contributed by atoms with Gasteiger partial charge in [-0.3, -0.25) is 19.2 Å². The van der Waals surface area contributed by atoms with E-state index >= 15 is 19.2 Å². The van der Waals surface area contributed by atoms with Crippen LogP contribution in [0.2, 0.25) is 0 Å². The van der Waals surface area contributed by atoms with Crippen LogP contribution in [0.5, 0.6) is 46.0 Å². The lowest BCUT2D eigenvalue weighted by Crippen LogP contribution is -2.50. The van der Waals surface area contributed by atoms with Crippen LogP contribution >= 0.6 is 0 Å². The summed E-state index contributed by atoms with van der Waals surface area (Å²) in [5.41, 5.74) is 1.69. The number of carbonyl (C=O) groups is 4. The zero-order valence-electron chi connectivity index (χ0n) is 86.2. The summed E-state index contributed by atoms with van der Waals surface area (Å²) in [5.74, 6) is 3.59. The highest BCUT2D eigenvalue weighted by atomic mass is 16.5.